The van der Waals surface area contributed by atoms with E-state index in [4.69, 9.17) is 27.9 Å². The molecule has 1 aliphatic carbocycles. The lowest BCUT2D eigenvalue weighted by Gasteiger charge is -2.37. The molecule has 224 valence electrons. The molecule has 0 radical (unpaired) electrons. The standard InChI is InChI=1S/C30H38Cl2N4O4.ClH/c1-18-7-5-6-14-35(18)15-16-36-26(28(38)33-19-8-3-2-4-9-19)30-13-12-23(40-30)24(25(30)29(36)39)27(37)34-20-10-11-21(31)22(32)17-20;/h10-13,17-19,23-26H,2-9,14-16H2,1H3,(H,33,38)(H,34,37);1H/t18?,23-,24?,25-,26?,30?;/m0./s1. The number of halogens is 3. The summed E-state index contributed by atoms with van der Waals surface area (Å²) < 4.78 is 6.48. The molecule has 6 rings (SSSR count). The van der Waals surface area contributed by atoms with Crippen molar-refractivity contribution in [3.63, 3.8) is 0 Å². The van der Waals surface area contributed by atoms with Crippen LogP contribution in [-0.2, 0) is 19.1 Å². The summed E-state index contributed by atoms with van der Waals surface area (Å²) in [5.41, 5.74) is -0.665. The van der Waals surface area contributed by atoms with Crippen molar-refractivity contribution in [2.75, 3.05) is 25.0 Å². The largest absolute Gasteiger partial charge is 0.359 e. The van der Waals surface area contributed by atoms with Crippen LogP contribution in [0.1, 0.15) is 58.3 Å². The second-order valence-electron chi connectivity index (χ2n) is 12.1. The summed E-state index contributed by atoms with van der Waals surface area (Å²) in [6.45, 7) is 4.33. The highest BCUT2D eigenvalue weighted by molar-refractivity contribution is 6.42. The van der Waals surface area contributed by atoms with Gasteiger partial charge in [0.2, 0.25) is 17.7 Å². The molecule has 1 saturated carbocycles. The van der Waals surface area contributed by atoms with Crippen molar-refractivity contribution in [1.82, 2.24) is 15.1 Å². The van der Waals surface area contributed by atoms with E-state index in [2.05, 4.69) is 22.5 Å². The number of benzene rings is 1. The van der Waals surface area contributed by atoms with Crippen LogP contribution in [0.4, 0.5) is 5.69 Å². The molecule has 1 aromatic carbocycles. The van der Waals surface area contributed by atoms with Gasteiger partial charge in [-0.25, -0.2) is 0 Å². The number of nitrogens with one attached hydrogen (secondary N) is 2. The fraction of sp³-hybridized carbons (Fsp3) is 0.633. The van der Waals surface area contributed by atoms with E-state index in [1.54, 1.807) is 23.1 Å². The number of nitrogens with zero attached hydrogens (tertiary/aromatic N) is 2. The van der Waals surface area contributed by atoms with E-state index < -0.39 is 29.6 Å². The normalized spacial score (nSPS) is 33.0. The Hall–Kier alpha value is -1.84. The van der Waals surface area contributed by atoms with Crippen LogP contribution in [0.25, 0.3) is 0 Å². The van der Waals surface area contributed by atoms with Gasteiger partial charge in [0.25, 0.3) is 0 Å². The zero-order valence-corrected chi connectivity index (χ0v) is 25.6. The van der Waals surface area contributed by atoms with Gasteiger partial charge in [-0.2, -0.15) is 0 Å². The van der Waals surface area contributed by atoms with Gasteiger partial charge >= 0.3 is 0 Å². The SMILES string of the molecule is CC1CCCCN1CCN1C(=O)[C@@H]2C(C(=O)Nc3ccc(Cl)c(Cl)c3)[C@@H]3C=CC2(O3)C1C(=O)NC1CCCCC1.Cl. The van der Waals surface area contributed by atoms with Crippen LogP contribution < -0.4 is 10.6 Å². The first-order valence-corrected chi connectivity index (χ1v) is 15.5. The summed E-state index contributed by atoms with van der Waals surface area (Å²) in [6.07, 6.45) is 11.9. The van der Waals surface area contributed by atoms with Crippen LogP contribution in [0.5, 0.6) is 0 Å². The molecule has 8 nitrogen and oxygen atoms in total. The number of carbonyl (C=O) groups is 3. The van der Waals surface area contributed by atoms with Crippen molar-refractivity contribution >= 4 is 59.0 Å². The van der Waals surface area contributed by atoms with Crippen LogP contribution in [-0.4, -0.2) is 77.0 Å². The molecule has 2 bridgehead atoms. The van der Waals surface area contributed by atoms with Crippen LogP contribution >= 0.6 is 35.6 Å². The summed E-state index contributed by atoms with van der Waals surface area (Å²) in [6, 6.07) is 4.62. The van der Waals surface area contributed by atoms with Gasteiger partial charge in [-0.05, 0) is 57.4 Å². The summed E-state index contributed by atoms with van der Waals surface area (Å²) in [5.74, 6) is -2.22. The molecular weight excluding hydrogens is 587 g/mol. The molecular formula is C30H39Cl3N4O4. The number of likely N-dealkylation sites (tertiary alicyclic amines) is 2. The smallest absolute Gasteiger partial charge is 0.246 e. The Morgan fingerprint density at radius 3 is 2.51 bits per heavy atom. The number of ether oxygens (including phenoxy) is 1. The van der Waals surface area contributed by atoms with E-state index in [0.29, 0.717) is 34.9 Å². The molecule has 2 N–H and O–H groups in total. The Morgan fingerprint density at radius 1 is 1.02 bits per heavy atom. The Bertz CT molecular complexity index is 1210. The van der Waals surface area contributed by atoms with Crippen LogP contribution in [0, 0.1) is 11.8 Å². The average Bonchev–Trinajstić information content (AvgIpc) is 3.58. The third-order valence-corrected chi connectivity index (χ3v) is 10.4. The minimum Gasteiger partial charge on any atom is -0.359 e. The molecule has 3 amide bonds. The first-order chi connectivity index (χ1) is 19.3. The topological polar surface area (TPSA) is 91.0 Å². The number of anilines is 1. The summed E-state index contributed by atoms with van der Waals surface area (Å²) in [5, 5.41) is 6.88. The number of hydrogen-bond donors (Lipinski definition) is 2. The highest BCUT2D eigenvalue weighted by atomic mass is 35.5. The van der Waals surface area contributed by atoms with Crippen molar-refractivity contribution in [2.45, 2.75) is 88.1 Å². The van der Waals surface area contributed by atoms with E-state index in [0.717, 1.165) is 45.1 Å². The zero-order chi connectivity index (χ0) is 28.0. The van der Waals surface area contributed by atoms with E-state index in [9.17, 15) is 14.4 Å². The van der Waals surface area contributed by atoms with Crippen molar-refractivity contribution < 1.29 is 19.1 Å². The van der Waals surface area contributed by atoms with E-state index in [1.165, 1.54) is 12.8 Å². The highest BCUT2D eigenvalue weighted by Gasteiger charge is 2.72. The first kappa shape index (κ1) is 30.6. The van der Waals surface area contributed by atoms with Gasteiger partial charge < -0.3 is 20.3 Å². The molecule has 1 spiro atoms. The van der Waals surface area contributed by atoms with Crippen molar-refractivity contribution in [3.05, 3.63) is 40.4 Å². The van der Waals surface area contributed by atoms with Gasteiger partial charge in [0.15, 0.2) is 0 Å². The maximum absolute atomic E-state index is 14.2. The Balaban J connectivity index is 0.00000337. The molecule has 4 unspecified atom stereocenters. The van der Waals surface area contributed by atoms with E-state index in [-0.39, 0.29) is 36.2 Å². The summed E-state index contributed by atoms with van der Waals surface area (Å²) >= 11 is 12.2. The number of rotatable bonds is 7. The van der Waals surface area contributed by atoms with Crippen LogP contribution in [0.3, 0.4) is 0 Å². The third-order valence-electron chi connectivity index (χ3n) is 9.63. The lowest BCUT2D eigenvalue weighted by atomic mass is 9.74. The highest BCUT2D eigenvalue weighted by Crippen LogP contribution is 2.55. The predicted octanol–water partition coefficient (Wildman–Crippen LogP) is 4.83. The van der Waals surface area contributed by atoms with Gasteiger partial charge in [0, 0.05) is 30.9 Å². The molecule has 0 aromatic heterocycles. The number of hydrogen-bond acceptors (Lipinski definition) is 5. The molecule has 11 heteroatoms. The molecule has 4 heterocycles. The molecule has 6 atom stereocenters. The predicted molar refractivity (Wildman–Crippen MR) is 161 cm³/mol. The molecule has 4 fully saturated rings. The minimum atomic E-state index is -1.16. The number of piperidine rings is 1. The summed E-state index contributed by atoms with van der Waals surface area (Å²) in [4.78, 5) is 45.9. The monoisotopic (exact) mass is 624 g/mol. The lowest BCUT2D eigenvalue weighted by molar-refractivity contribution is -0.141. The number of carbonyl (C=O) groups excluding carboxylic acids is 3. The molecule has 1 aromatic rings. The van der Waals surface area contributed by atoms with Gasteiger partial charge in [0.05, 0.1) is 28.0 Å². The maximum Gasteiger partial charge on any atom is 0.246 e. The third kappa shape index (κ3) is 5.63. The van der Waals surface area contributed by atoms with Gasteiger partial charge in [-0.3, -0.25) is 19.3 Å². The van der Waals surface area contributed by atoms with Crippen LogP contribution in [0.15, 0.2) is 30.4 Å². The van der Waals surface area contributed by atoms with Gasteiger partial charge in [-0.1, -0.05) is 61.0 Å². The van der Waals surface area contributed by atoms with Gasteiger partial charge in [0.1, 0.15) is 11.6 Å². The molecule has 41 heavy (non-hydrogen) atoms. The Kier molecular flexibility index (Phi) is 9.27. The molecule has 3 saturated heterocycles. The van der Waals surface area contributed by atoms with Crippen molar-refractivity contribution in [3.8, 4) is 0 Å². The van der Waals surface area contributed by atoms with E-state index in [1.807, 2.05) is 12.2 Å². The van der Waals surface area contributed by atoms with Crippen molar-refractivity contribution in [2.24, 2.45) is 11.8 Å². The fourth-order valence-corrected chi connectivity index (χ4v) is 7.86. The Morgan fingerprint density at radius 2 is 1.78 bits per heavy atom. The number of fused-ring (bicyclic) bond motifs is 1. The van der Waals surface area contributed by atoms with Gasteiger partial charge in [-0.15, -0.1) is 12.4 Å². The fourth-order valence-electron chi connectivity index (χ4n) is 7.56. The lowest BCUT2D eigenvalue weighted by Crippen LogP contribution is -2.57. The Labute approximate surface area is 257 Å². The minimum absolute atomic E-state index is 0. The van der Waals surface area contributed by atoms with Crippen LogP contribution in [0.2, 0.25) is 10.0 Å². The van der Waals surface area contributed by atoms with Crippen molar-refractivity contribution in [1.29, 1.82) is 0 Å². The van der Waals surface area contributed by atoms with E-state index >= 15 is 0 Å². The number of amides is 3. The second-order valence-corrected chi connectivity index (χ2v) is 12.9. The summed E-state index contributed by atoms with van der Waals surface area (Å²) in [7, 11) is 0. The molecule has 5 aliphatic rings. The average molecular weight is 626 g/mol. The second kappa shape index (κ2) is 12.4. The molecule has 4 aliphatic heterocycles. The first-order valence-electron chi connectivity index (χ1n) is 14.8. The maximum atomic E-state index is 14.2. The zero-order valence-electron chi connectivity index (χ0n) is 23.3. The quantitative estimate of drug-likeness (QED) is 0.424.